The molecule has 2 aromatic rings. The van der Waals surface area contributed by atoms with Crippen LogP contribution in [0.15, 0.2) is 30.5 Å². The van der Waals surface area contributed by atoms with E-state index < -0.39 is 11.9 Å². The number of carboxylic acids is 1. The molecule has 5 nitrogen and oxygen atoms in total. The molecule has 2 N–H and O–H groups in total. The molecule has 108 valence electrons. The van der Waals surface area contributed by atoms with Crippen molar-refractivity contribution < 1.29 is 14.7 Å². The first kappa shape index (κ1) is 15.6. The number of halogens is 3. The smallest absolute Gasteiger partial charge is 0.337 e. The van der Waals surface area contributed by atoms with Gasteiger partial charge < -0.3 is 10.4 Å². The zero-order chi connectivity index (χ0) is 15.6. The lowest BCUT2D eigenvalue weighted by atomic mass is 10.1. The van der Waals surface area contributed by atoms with Gasteiger partial charge in [-0.1, -0.05) is 34.8 Å². The molecule has 0 aliphatic rings. The maximum Gasteiger partial charge on any atom is 0.337 e. The second-order valence-corrected chi connectivity index (χ2v) is 5.21. The molecule has 0 fully saturated rings. The molecule has 0 unspecified atom stereocenters. The van der Waals surface area contributed by atoms with Crippen LogP contribution in [0.25, 0.3) is 0 Å². The highest BCUT2D eigenvalue weighted by Gasteiger charge is 2.18. The number of aromatic nitrogens is 1. The third-order valence-electron chi connectivity index (χ3n) is 2.48. The molecule has 0 atom stereocenters. The Kier molecular flexibility index (Phi) is 4.67. The topological polar surface area (TPSA) is 79.3 Å². The van der Waals surface area contributed by atoms with Gasteiger partial charge in [0, 0.05) is 11.2 Å². The monoisotopic (exact) mass is 344 g/mol. The van der Waals surface area contributed by atoms with Gasteiger partial charge in [-0.2, -0.15) is 0 Å². The van der Waals surface area contributed by atoms with Crippen molar-refractivity contribution in [1.29, 1.82) is 0 Å². The maximum absolute atomic E-state index is 12.0. The fourth-order valence-corrected chi connectivity index (χ4v) is 2.21. The zero-order valence-electron chi connectivity index (χ0n) is 10.2. The van der Waals surface area contributed by atoms with Crippen molar-refractivity contribution in [1.82, 2.24) is 4.98 Å². The van der Waals surface area contributed by atoms with Crippen LogP contribution in [0.3, 0.4) is 0 Å². The van der Waals surface area contributed by atoms with Crippen molar-refractivity contribution in [3.05, 3.63) is 56.8 Å². The molecule has 0 saturated heterocycles. The fourth-order valence-electron chi connectivity index (χ4n) is 1.56. The number of carbonyl (C=O) groups excluding carboxylic acids is 1. The van der Waals surface area contributed by atoms with Crippen LogP contribution in [0, 0.1) is 0 Å². The second-order valence-electron chi connectivity index (χ2n) is 3.93. The number of nitrogens with one attached hydrogen (secondary N) is 1. The quantitative estimate of drug-likeness (QED) is 0.881. The van der Waals surface area contributed by atoms with E-state index in [9.17, 15) is 9.59 Å². The lowest BCUT2D eigenvalue weighted by Crippen LogP contribution is -2.16. The molecule has 0 spiro atoms. The van der Waals surface area contributed by atoms with E-state index >= 15 is 0 Å². The van der Waals surface area contributed by atoms with Gasteiger partial charge in [-0.05, 0) is 24.3 Å². The van der Waals surface area contributed by atoms with E-state index in [1.165, 1.54) is 30.5 Å². The lowest BCUT2D eigenvalue weighted by Gasteiger charge is -2.10. The molecular formula is C13H7Cl3N2O3. The van der Waals surface area contributed by atoms with E-state index in [2.05, 4.69) is 10.3 Å². The number of nitrogens with zero attached hydrogens (tertiary/aromatic N) is 1. The Morgan fingerprint density at radius 1 is 1.10 bits per heavy atom. The molecule has 1 aromatic heterocycles. The minimum atomic E-state index is -1.27. The maximum atomic E-state index is 12.0. The van der Waals surface area contributed by atoms with E-state index in [-0.39, 0.29) is 27.0 Å². The van der Waals surface area contributed by atoms with Gasteiger partial charge in [-0.3, -0.25) is 4.79 Å². The van der Waals surface area contributed by atoms with Crippen molar-refractivity contribution in [3.63, 3.8) is 0 Å². The first-order valence-corrected chi connectivity index (χ1v) is 6.67. The van der Waals surface area contributed by atoms with Crippen molar-refractivity contribution in [2.75, 3.05) is 5.32 Å². The number of carboxylic acid groups (broad SMARTS) is 1. The first-order valence-electron chi connectivity index (χ1n) is 5.53. The molecule has 21 heavy (non-hydrogen) atoms. The van der Waals surface area contributed by atoms with Gasteiger partial charge in [-0.15, -0.1) is 0 Å². The number of pyridine rings is 1. The summed E-state index contributed by atoms with van der Waals surface area (Å²) < 4.78 is 0. The van der Waals surface area contributed by atoms with Crippen molar-refractivity contribution in [2.24, 2.45) is 0 Å². The highest BCUT2D eigenvalue weighted by Crippen LogP contribution is 2.30. The van der Waals surface area contributed by atoms with Gasteiger partial charge in [-0.25, -0.2) is 9.78 Å². The molecular weight excluding hydrogens is 339 g/mol. The number of amides is 1. The zero-order valence-corrected chi connectivity index (χ0v) is 12.5. The Labute approximate surface area is 134 Å². The Balaban J connectivity index is 2.37. The van der Waals surface area contributed by atoms with E-state index in [0.717, 1.165) is 0 Å². The molecule has 2 rings (SSSR count). The number of aromatic carboxylic acids is 1. The van der Waals surface area contributed by atoms with Crippen LogP contribution >= 0.6 is 34.8 Å². The standard InChI is InChI=1S/C13H7Cl3N2O3/c14-6-1-2-10(17-5-6)12(19)18-11-8(13(20)21)3-7(15)4-9(11)16/h1-5H,(H,18,19)(H,20,21). The summed E-state index contributed by atoms with van der Waals surface area (Å²) in [4.78, 5) is 27.1. The Morgan fingerprint density at radius 2 is 1.81 bits per heavy atom. The number of hydrogen-bond acceptors (Lipinski definition) is 3. The molecule has 0 saturated carbocycles. The second kappa shape index (κ2) is 6.30. The highest BCUT2D eigenvalue weighted by atomic mass is 35.5. The molecule has 0 aliphatic carbocycles. The van der Waals surface area contributed by atoms with Gasteiger partial charge >= 0.3 is 5.97 Å². The van der Waals surface area contributed by atoms with Crippen LogP contribution in [0.4, 0.5) is 5.69 Å². The summed E-state index contributed by atoms with van der Waals surface area (Å²) in [7, 11) is 0. The van der Waals surface area contributed by atoms with Crippen LogP contribution in [0.2, 0.25) is 15.1 Å². The van der Waals surface area contributed by atoms with Crippen LogP contribution in [-0.4, -0.2) is 22.0 Å². The summed E-state index contributed by atoms with van der Waals surface area (Å²) >= 11 is 17.4. The number of benzene rings is 1. The lowest BCUT2D eigenvalue weighted by molar-refractivity contribution is 0.0698. The molecule has 8 heteroatoms. The van der Waals surface area contributed by atoms with Gasteiger partial charge in [0.15, 0.2) is 0 Å². The van der Waals surface area contributed by atoms with Gasteiger partial charge in [0.25, 0.3) is 5.91 Å². The molecule has 1 heterocycles. The summed E-state index contributed by atoms with van der Waals surface area (Å²) in [6, 6.07) is 5.42. The van der Waals surface area contributed by atoms with E-state index in [4.69, 9.17) is 39.9 Å². The van der Waals surface area contributed by atoms with Gasteiger partial charge in [0.05, 0.1) is 21.3 Å². The van der Waals surface area contributed by atoms with Gasteiger partial charge in [0.1, 0.15) is 5.69 Å². The third kappa shape index (κ3) is 3.64. The Hall–Kier alpha value is -1.82. The molecule has 0 radical (unpaired) electrons. The summed E-state index contributed by atoms with van der Waals surface area (Å²) in [5.74, 6) is -1.88. The van der Waals surface area contributed by atoms with Crippen LogP contribution in [0.1, 0.15) is 20.8 Å². The molecule has 0 bridgehead atoms. The predicted molar refractivity (Wildman–Crippen MR) is 80.6 cm³/mol. The van der Waals surface area contributed by atoms with E-state index in [0.29, 0.717) is 5.02 Å². The predicted octanol–water partition coefficient (Wildman–Crippen LogP) is 3.99. The normalized spacial score (nSPS) is 10.2. The molecule has 1 amide bonds. The number of carbonyl (C=O) groups is 2. The summed E-state index contributed by atoms with van der Waals surface area (Å²) in [5.41, 5.74) is -0.188. The average Bonchev–Trinajstić information content (AvgIpc) is 2.41. The van der Waals surface area contributed by atoms with Crippen LogP contribution < -0.4 is 5.32 Å². The number of anilines is 1. The summed E-state index contributed by atoms with van der Waals surface area (Å²) in [6.07, 6.45) is 1.30. The highest BCUT2D eigenvalue weighted by molar-refractivity contribution is 6.38. The van der Waals surface area contributed by atoms with Crippen molar-refractivity contribution in [2.45, 2.75) is 0 Å². The average molecular weight is 346 g/mol. The van der Waals surface area contributed by atoms with Crippen LogP contribution in [0.5, 0.6) is 0 Å². The number of rotatable bonds is 3. The Morgan fingerprint density at radius 3 is 2.38 bits per heavy atom. The summed E-state index contributed by atoms with van der Waals surface area (Å²) in [6.45, 7) is 0. The Bertz CT molecular complexity index is 717. The van der Waals surface area contributed by atoms with E-state index in [1.54, 1.807) is 0 Å². The van der Waals surface area contributed by atoms with Crippen LogP contribution in [-0.2, 0) is 0 Å². The van der Waals surface area contributed by atoms with Crippen molar-refractivity contribution in [3.8, 4) is 0 Å². The van der Waals surface area contributed by atoms with Crippen molar-refractivity contribution >= 4 is 52.4 Å². The van der Waals surface area contributed by atoms with E-state index in [1.807, 2.05) is 0 Å². The summed E-state index contributed by atoms with van der Waals surface area (Å²) in [5, 5.41) is 12.1. The minimum Gasteiger partial charge on any atom is -0.478 e. The van der Waals surface area contributed by atoms with Gasteiger partial charge in [0.2, 0.25) is 0 Å². The number of hydrogen-bond donors (Lipinski definition) is 2. The first-order chi connectivity index (χ1) is 9.88. The molecule has 0 aliphatic heterocycles. The third-order valence-corrected chi connectivity index (χ3v) is 3.22. The fraction of sp³-hybridized carbons (Fsp3) is 0. The largest absolute Gasteiger partial charge is 0.478 e. The SMILES string of the molecule is O=C(Nc1c(Cl)cc(Cl)cc1C(=O)O)c1ccc(Cl)cn1. The minimum absolute atomic E-state index is 0.0159. The molecule has 1 aromatic carbocycles.